The average molecular weight is 407 g/mol. The van der Waals surface area contributed by atoms with Gasteiger partial charge >= 0.3 is 6.09 Å². The van der Waals surface area contributed by atoms with E-state index < -0.39 is 11.7 Å². The highest BCUT2D eigenvalue weighted by molar-refractivity contribution is 5.90. The molecule has 160 valence electrons. The molecular formula is C19H29N5O5. The summed E-state index contributed by atoms with van der Waals surface area (Å²) in [7, 11) is 0. The quantitative estimate of drug-likeness (QED) is 0.408. The van der Waals surface area contributed by atoms with Crippen LogP contribution in [-0.4, -0.2) is 65.8 Å². The van der Waals surface area contributed by atoms with Crippen LogP contribution >= 0.6 is 0 Å². The minimum absolute atomic E-state index is 0.174. The molecule has 3 rings (SSSR count). The minimum atomic E-state index is -0.539. The molecule has 0 bridgehead atoms. The van der Waals surface area contributed by atoms with Crippen molar-refractivity contribution >= 4 is 22.8 Å². The van der Waals surface area contributed by atoms with Crippen LogP contribution in [0.3, 0.4) is 0 Å². The number of hydrogen-bond acceptors (Lipinski definition) is 8. The van der Waals surface area contributed by atoms with Crippen LogP contribution < -0.4 is 10.2 Å². The zero-order valence-electron chi connectivity index (χ0n) is 17.4. The Morgan fingerprint density at radius 1 is 1.38 bits per heavy atom. The fourth-order valence-electron chi connectivity index (χ4n) is 3.15. The van der Waals surface area contributed by atoms with E-state index in [-0.39, 0.29) is 12.7 Å². The van der Waals surface area contributed by atoms with Gasteiger partial charge in [0.05, 0.1) is 36.6 Å². The number of H-pyrrole nitrogens is 1. The summed E-state index contributed by atoms with van der Waals surface area (Å²) in [5.41, 5.74) is 2.04. The van der Waals surface area contributed by atoms with Gasteiger partial charge < -0.3 is 19.7 Å². The molecule has 1 aliphatic rings. The molecule has 0 radical (unpaired) electrons. The van der Waals surface area contributed by atoms with Gasteiger partial charge in [-0.15, -0.1) is 0 Å². The maximum Gasteiger partial charge on any atom is 0.407 e. The van der Waals surface area contributed by atoms with E-state index in [1.165, 1.54) is 0 Å². The van der Waals surface area contributed by atoms with Crippen molar-refractivity contribution in [1.29, 1.82) is 0 Å². The molecular weight excluding hydrogens is 378 g/mol. The summed E-state index contributed by atoms with van der Waals surface area (Å²) in [6.07, 6.45) is 2.89. The number of alkyl carbamates (subject to hydrolysis) is 1. The number of carbonyl (C=O) groups is 1. The molecule has 1 atom stereocenters. The second-order valence-electron chi connectivity index (χ2n) is 7.75. The number of ether oxygens (including phenoxy) is 2. The van der Waals surface area contributed by atoms with Crippen molar-refractivity contribution in [1.82, 2.24) is 20.5 Å². The van der Waals surface area contributed by atoms with Crippen LogP contribution in [0.4, 0.5) is 10.5 Å². The normalized spacial score (nSPS) is 17.5. The highest BCUT2D eigenvalue weighted by Crippen LogP contribution is 2.30. The molecule has 3 heterocycles. The number of pyridine rings is 1. The lowest BCUT2D eigenvalue weighted by molar-refractivity contribution is -0.300. The first-order valence-electron chi connectivity index (χ1n) is 9.76. The van der Waals surface area contributed by atoms with E-state index in [9.17, 15) is 4.79 Å². The first-order chi connectivity index (χ1) is 13.9. The number of aromatic nitrogens is 3. The lowest BCUT2D eigenvalue weighted by Crippen LogP contribution is -2.48. The number of fused-ring (bicyclic) bond motifs is 1. The number of nitrogens with zero attached hydrogens (tertiary/aromatic N) is 3. The van der Waals surface area contributed by atoms with Crippen LogP contribution in [0, 0.1) is 0 Å². The molecule has 10 nitrogen and oxygen atoms in total. The molecule has 1 unspecified atom stereocenters. The van der Waals surface area contributed by atoms with Gasteiger partial charge in [0.1, 0.15) is 12.2 Å². The van der Waals surface area contributed by atoms with Crippen molar-refractivity contribution in [3.05, 3.63) is 18.0 Å². The molecule has 0 saturated carbocycles. The van der Waals surface area contributed by atoms with Crippen LogP contribution in [0.25, 0.3) is 11.0 Å². The maximum absolute atomic E-state index is 11.9. The molecule has 1 fully saturated rings. The smallest absolute Gasteiger partial charge is 0.407 e. The van der Waals surface area contributed by atoms with Gasteiger partial charge in [-0.05, 0) is 27.7 Å². The highest BCUT2D eigenvalue weighted by Gasteiger charge is 2.26. The van der Waals surface area contributed by atoms with Gasteiger partial charge in [0, 0.05) is 31.4 Å². The van der Waals surface area contributed by atoms with E-state index in [2.05, 4.69) is 25.4 Å². The van der Waals surface area contributed by atoms with Crippen molar-refractivity contribution in [3.63, 3.8) is 0 Å². The summed E-state index contributed by atoms with van der Waals surface area (Å²) >= 11 is 0. The molecule has 10 heteroatoms. The lowest BCUT2D eigenvalue weighted by atomic mass is 10.1. The van der Waals surface area contributed by atoms with Gasteiger partial charge in [-0.2, -0.15) is 5.10 Å². The van der Waals surface area contributed by atoms with Crippen molar-refractivity contribution in [2.24, 2.45) is 0 Å². The van der Waals surface area contributed by atoms with Crippen LogP contribution in [0.2, 0.25) is 0 Å². The Labute approximate surface area is 169 Å². The van der Waals surface area contributed by atoms with Crippen LogP contribution in [0.15, 0.2) is 12.4 Å². The summed E-state index contributed by atoms with van der Waals surface area (Å²) < 4.78 is 11.1. The Kier molecular flexibility index (Phi) is 6.88. The van der Waals surface area contributed by atoms with E-state index in [1.54, 1.807) is 12.4 Å². The zero-order chi connectivity index (χ0) is 20.9. The van der Waals surface area contributed by atoms with E-state index in [4.69, 9.17) is 19.2 Å². The van der Waals surface area contributed by atoms with Gasteiger partial charge in [-0.1, -0.05) is 0 Å². The average Bonchev–Trinajstić information content (AvgIpc) is 3.14. The monoisotopic (exact) mass is 407 g/mol. The molecule has 1 aliphatic heterocycles. The third-order valence-electron chi connectivity index (χ3n) is 4.27. The van der Waals surface area contributed by atoms with Crippen LogP contribution in [-0.2, 0) is 25.9 Å². The molecule has 2 aromatic rings. The second-order valence-corrected chi connectivity index (χ2v) is 7.75. The van der Waals surface area contributed by atoms with Gasteiger partial charge in [0.25, 0.3) is 0 Å². The van der Waals surface area contributed by atoms with E-state index >= 15 is 0 Å². The lowest BCUT2D eigenvalue weighted by Gasteiger charge is -2.36. The van der Waals surface area contributed by atoms with Gasteiger partial charge in [0.2, 0.25) is 0 Å². The number of amides is 1. The number of anilines is 1. The standard InChI is InChI=1S/C19H29N5O5/c1-5-27-28-12-13-8-20-17-15(10-22-23-17)16(13)24-6-7-26-14(11-24)9-21-18(25)29-19(2,3)4/h8,10,14H,5-7,9,11-12H2,1-4H3,(H,21,25)(H,20,22,23). The van der Waals surface area contributed by atoms with Gasteiger partial charge in [0.15, 0.2) is 5.65 Å². The fourth-order valence-corrected chi connectivity index (χ4v) is 3.15. The first-order valence-corrected chi connectivity index (χ1v) is 9.76. The topological polar surface area (TPSA) is 111 Å². The highest BCUT2D eigenvalue weighted by atomic mass is 17.2. The number of rotatable bonds is 7. The predicted molar refractivity (Wildman–Crippen MR) is 106 cm³/mol. The van der Waals surface area contributed by atoms with Gasteiger partial charge in [-0.3, -0.25) is 5.10 Å². The third-order valence-corrected chi connectivity index (χ3v) is 4.27. The van der Waals surface area contributed by atoms with Crippen molar-refractivity contribution in [2.45, 2.75) is 46.0 Å². The Bertz CT molecular complexity index is 819. The van der Waals surface area contributed by atoms with Crippen molar-refractivity contribution in [2.75, 3.05) is 37.7 Å². The van der Waals surface area contributed by atoms with Crippen LogP contribution in [0.5, 0.6) is 0 Å². The Balaban J connectivity index is 1.71. The molecule has 0 aromatic carbocycles. The van der Waals surface area contributed by atoms with E-state index in [0.29, 0.717) is 38.5 Å². The van der Waals surface area contributed by atoms with Crippen molar-refractivity contribution < 1.29 is 24.0 Å². The molecule has 1 amide bonds. The molecule has 1 saturated heterocycles. The second kappa shape index (κ2) is 9.38. The SMILES string of the molecule is CCOOCc1cnc2[nH]ncc2c1N1CCOC(CNC(=O)OC(C)(C)C)C1. The summed E-state index contributed by atoms with van der Waals surface area (Å²) in [4.78, 5) is 28.9. The summed E-state index contributed by atoms with van der Waals surface area (Å²) in [6.45, 7) is 10.3. The zero-order valence-corrected chi connectivity index (χ0v) is 17.4. The Morgan fingerprint density at radius 2 is 2.21 bits per heavy atom. The largest absolute Gasteiger partial charge is 0.444 e. The molecule has 0 spiro atoms. The summed E-state index contributed by atoms with van der Waals surface area (Å²) in [6, 6.07) is 0. The number of nitrogens with one attached hydrogen (secondary N) is 2. The van der Waals surface area contributed by atoms with E-state index in [1.807, 2.05) is 27.7 Å². The molecule has 2 aromatic heterocycles. The van der Waals surface area contributed by atoms with Gasteiger partial charge in [-0.25, -0.2) is 19.6 Å². The maximum atomic E-state index is 11.9. The summed E-state index contributed by atoms with van der Waals surface area (Å²) in [5.74, 6) is 0. The molecule has 2 N–H and O–H groups in total. The predicted octanol–water partition coefficient (Wildman–Crippen LogP) is 2.16. The van der Waals surface area contributed by atoms with Crippen LogP contribution in [0.1, 0.15) is 33.3 Å². The number of morpholine rings is 1. The number of carbonyl (C=O) groups excluding carboxylic acids is 1. The number of aromatic amines is 1. The summed E-state index contributed by atoms with van der Waals surface area (Å²) in [5, 5.41) is 10.7. The Morgan fingerprint density at radius 3 is 2.97 bits per heavy atom. The number of hydrogen-bond donors (Lipinski definition) is 2. The van der Waals surface area contributed by atoms with Crippen molar-refractivity contribution in [3.8, 4) is 0 Å². The third kappa shape index (κ3) is 5.78. The first kappa shape index (κ1) is 21.3. The molecule has 0 aliphatic carbocycles. The minimum Gasteiger partial charge on any atom is -0.444 e. The molecule has 29 heavy (non-hydrogen) atoms. The fraction of sp³-hybridized carbons (Fsp3) is 0.632. The van der Waals surface area contributed by atoms with E-state index in [0.717, 1.165) is 16.6 Å². The Hall–Kier alpha value is -2.43.